The summed E-state index contributed by atoms with van der Waals surface area (Å²) in [6.07, 6.45) is 4.75. The fraction of sp³-hybridized carbons (Fsp3) is 0.480. The predicted octanol–water partition coefficient (Wildman–Crippen LogP) is 3.70. The van der Waals surface area contributed by atoms with Crippen molar-refractivity contribution in [2.75, 3.05) is 37.6 Å². The van der Waals surface area contributed by atoms with Gasteiger partial charge in [0.15, 0.2) is 5.65 Å². The van der Waals surface area contributed by atoms with Crippen LogP contribution in [0.4, 0.5) is 5.00 Å². The van der Waals surface area contributed by atoms with Crippen LogP contribution in [0.3, 0.4) is 0 Å². The first-order chi connectivity index (χ1) is 16.0. The average Bonchev–Trinajstić information content (AvgIpc) is 3.53. The maximum absolute atomic E-state index is 11.8. The SMILES string of the molecule is Cc1c([C@@H](O)CN2CCC3(CC2)CCN(c2snc4ncccc24)C3)ccc2c1COC2=O. The summed E-state index contributed by atoms with van der Waals surface area (Å²) in [5, 5.41) is 13.4. The lowest BCUT2D eigenvalue weighted by atomic mass is 9.77. The van der Waals surface area contributed by atoms with Crippen LogP contribution in [0.1, 0.15) is 52.4 Å². The summed E-state index contributed by atoms with van der Waals surface area (Å²) >= 11 is 1.56. The number of hydrogen-bond acceptors (Lipinski definition) is 8. The van der Waals surface area contributed by atoms with E-state index in [1.165, 1.54) is 11.4 Å². The van der Waals surface area contributed by atoms with Crippen molar-refractivity contribution in [3.05, 3.63) is 52.7 Å². The van der Waals surface area contributed by atoms with Crippen LogP contribution in [-0.2, 0) is 11.3 Å². The van der Waals surface area contributed by atoms with Gasteiger partial charge in [0, 0.05) is 31.4 Å². The second kappa shape index (κ2) is 8.04. The van der Waals surface area contributed by atoms with Gasteiger partial charge in [-0.25, -0.2) is 9.78 Å². The van der Waals surface area contributed by atoms with Gasteiger partial charge >= 0.3 is 5.97 Å². The molecule has 2 saturated heterocycles. The third-order valence-electron chi connectivity index (χ3n) is 7.88. The Hall–Kier alpha value is -2.55. The molecule has 1 aromatic carbocycles. The molecule has 0 saturated carbocycles. The highest BCUT2D eigenvalue weighted by atomic mass is 32.1. The zero-order chi connectivity index (χ0) is 22.6. The largest absolute Gasteiger partial charge is 0.457 e. The summed E-state index contributed by atoms with van der Waals surface area (Å²) in [4.78, 5) is 21.1. The second-order valence-corrected chi connectivity index (χ2v) is 10.5. The van der Waals surface area contributed by atoms with E-state index in [0.29, 0.717) is 24.1 Å². The van der Waals surface area contributed by atoms with Crippen molar-refractivity contribution >= 4 is 33.5 Å². The molecule has 1 spiro atoms. The first-order valence-electron chi connectivity index (χ1n) is 11.7. The number of aromatic nitrogens is 2. The second-order valence-electron chi connectivity index (χ2n) is 9.73. The molecule has 2 aromatic heterocycles. The molecule has 8 heteroatoms. The van der Waals surface area contributed by atoms with Crippen LogP contribution < -0.4 is 4.90 Å². The van der Waals surface area contributed by atoms with Gasteiger partial charge in [-0.05, 0) is 85.5 Å². The minimum absolute atomic E-state index is 0.260. The summed E-state index contributed by atoms with van der Waals surface area (Å²) in [7, 11) is 0. The molecule has 6 rings (SSSR count). The Balaban J connectivity index is 1.09. The minimum atomic E-state index is -0.559. The van der Waals surface area contributed by atoms with Crippen LogP contribution >= 0.6 is 11.5 Å². The topological polar surface area (TPSA) is 78.8 Å². The molecule has 0 radical (unpaired) electrons. The number of piperidine rings is 1. The number of anilines is 1. The molecule has 0 aliphatic carbocycles. The summed E-state index contributed by atoms with van der Waals surface area (Å²) in [6, 6.07) is 7.80. The monoisotopic (exact) mass is 464 g/mol. The number of ether oxygens (including phenoxy) is 1. The molecule has 0 amide bonds. The van der Waals surface area contributed by atoms with Gasteiger partial charge in [-0.3, -0.25) is 0 Å². The van der Waals surface area contributed by atoms with Gasteiger partial charge in [0.2, 0.25) is 0 Å². The molecular formula is C25H28N4O3S. The molecule has 1 N–H and O–H groups in total. The van der Waals surface area contributed by atoms with E-state index in [1.807, 2.05) is 19.1 Å². The van der Waals surface area contributed by atoms with E-state index in [9.17, 15) is 9.90 Å². The van der Waals surface area contributed by atoms with Gasteiger partial charge < -0.3 is 19.6 Å². The zero-order valence-electron chi connectivity index (χ0n) is 18.8. The number of cyclic esters (lactones) is 1. The number of β-amino-alcohol motifs (C(OH)–C–C–N with tert-alkyl or cyclic N) is 1. The average molecular weight is 465 g/mol. The van der Waals surface area contributed by atoms with E-state index < -0.39 is 6.10 Å². The number of pyridine rings is 1. The Morgan fingerprint density at radius 1 is 1.21 bits per heavy atom. The van der Waals surface area contributed by atoms with Crippen molar-refractivity contribution in [2.24, 2.45) is 5.41 Å². The van der Waals surface area contributed by atoms with Crippen molar-refractivity contribution in [1.82, 2.24) is 14.3 Å². The molecular weight excluding hydrogens is 436 g/mol. The van der Waals surface area contributed by atoms with E-state index in [4.69, 9.17) is 4.74 Å². The highest BCUT2D eigenvalue weighted by molar-refractivity contribution is 7.11. The van der Waals surface area contributed by atoms with Gasteiger partial charge in [-0.1, -0.05) is 6.07 Å². The molecule has 7 nitrogen and oxygen atoms in total. The number of carbonyl (C=O) groups excluding carboxylic acids is 1. The van der Waals surface area contributed by atoms with E-state index in [0.717, 1.165) is 66.7 Å². The summed E-state index contributed by atoms with van der Waals surface area (Å²) < 4.78 is 9.69. The Labute approximate surface area is 197 Å². The van der Waals surface area contributed by atoms with Gasteiger partial charge in [0.25, 0.3) is 0 Å². The Morgan fingerprint density at radius 3 is 2.88 bits per heavy atom. The van der Waals surface area contributed by atoms with Crippen molar-refractivity contribution in [3.63, 3.8) is 0 Å². The summed E-state index contributed by atoms with van der Waals surface area (Å²) in [5.74, 6) is -0.260. The van der Waals surface area contributed by atoms with Crippen molar-refractivity contribution in [1.29, 1.82) is 0 Å². The van der Waals surface area contributed by atoms with E-state index in [2.05, 4.69) is 25.2 Å². The number of nitrogens with zero attached hydrogens (tertiary/aromatic N) is 4. The number of aliphatic hydroxyl groups is 1. The highest BCUT2D eigenvalue weighted by Gasteiger charge is 2.41. The number of rotatable bonds is 4. The molecule has 0 unspecified atom stereocenters. The third kappa shape index (κ3) is 3.61. The van der Waals surface area contributed by atoms with Gasteiger partial charge in [-0.2, -0.15) is 4.37 Å². The number of benzene rings is 1. The normalized spacial score (nSPS) is 21.0. The van der Waals surface area contributed by atoms with Crippen LogP contribution in [0.2, 0.25) is 0 Å². The van der Waals surface area contributed by atoms with Crippen molar-refractivity contribution in [2.45, 2.75) is 38.9 Å². The standard InChI is InChI=1S/C25H28N4O3S/c1-16-17(4-5-18-20(16)14-32-24(18)31)21(30)13-28-10-6-25(7-11-28)8-12-29(15-25)23-19-3-2-9-26-22(19)27-33-23/h2-5,9,21,30H,6-8,10-15H2,1H3/t21-/m0/s1. The highest BCUT2D eigenvalue weighted by Crippen LogP contribution is 2.44. The maximum Gasteiger partial charge on any atom is 0.338 e. The summed E-state index contributed by atoms with van der Waals surface area (Å²) in [6.45, 7) is 7.07. The first-order valence-corrected chi connectivity index (χ1v) is 12.5. The smallest absolute Gasteiger partial charge is 0.338 e. The van der Waals surface area contributed by atoms with Gasteiger partial charge in [0.05, 0.1) is 17.1 Å². The molecule has 33 heavy (non-hydrogen) atoms. The van der Waals surface area contributed by atoms with Gasteiger partial charge in [0.1, 0.15) is 11.6 Å². The number of carbonyl (C=O) groups is 1. The molecule has 5 heterocycles. The molecule has 3 aromatic rings. The quantitative estimate of drug-likeness (QED) is 0.590. The molecule has 3 aliphatic rings. The number of esters is 1. The van der Waals surface area contributed by atoms with Crippen LogP contribution in [0.5, 0.6) is 0 Å². The molecule has 2 fully saturated rings. The number of hydrogen-bond donors (Lipinski definition) is 1. The van der Waals surface area contributed by atoms with Crippen LogP contribution in [-0.4, -0.2) is 58.1 Å². The molecule has 172 valence electrons. The predicted molar refractivity (Wildman–Crippen MR) is 128 cm³/mol. The number of fused-ring (bicyclic) bond motifs is 2. The Morgan fingerprint density at radius 2 is 2.03 bits per heavy atom. The molecule has 0 bridgehead atoms. The van der Waals surface area contributed by atoms with Crippen molar-refractivity contribution in [3.8, 4) is 0 Å². The van der Waals surface area contributed by atoms with Crippen molar-refractivity contribution < 1.29 is 14.6 Å². The fourth-order valence-electron chi connectivity index (χ4n) is 5.80. The van der Waals surface area contributed by atoms with Crippen LogP contribution in [0.25, 0.3) is 11.0 Å². The lowest BCUT2D eigenvalue weighted by molar-refractivity contribution is 0.0534. The minimum Gasteiger partial charge on any atom is -0.457 e. The van der Waals surface area contributed by atoms with E-state index in [-0.39, 0.29) is 5.97 Å². The lowest BCUT2D eigenvalue weighted by Crippen LogP contribution is -2.43. The van der Waals surface area contributed by atoms with Crippen LogP contribution in [0, 0.1) is 12.3 Å². The zero-order valence-corrected chi connectivity index (χ0v) is 19.6. The Bertz CT molecular complexity index is 1220. The number of aliphatic hydroxyl groups excluding tert-OH is 1. The lowest BCUT2D eigenvalue weighted by Gasteiger charge is -2.40. The Kier molecular flexibility index (Phi) is 5.12. The first kappa shape index (κ1) is 21.0. The summed E-state index contributed by atoms with van der Waals surface area (Å²) in [5.41, 5.74) is 4.65. The fourth-order valence-corrected chi connectivity index (χ4v) is 6.65. The molecule has 3 aliphatic heterocycles. The van der Waals surface area contributed by atoms with Crippen LogP contribution in [0.15, 0.2) is 30.5 Å². The van der Waals surface area contributed by atoms with E-state index >= 15 is 0 Å². The number of likely N-dealkylation sites (tertiary alicyclic amines) is 1. The molecule has 1 atom stereocenters. The maximum atomic E-state index is 11.8. The third-order valence-corrected chi connectivity index (χ3v) is 8.79. The van der Waals surface area contributed by atoms with Gasteiger partial charge in [-0.15, -0.1) is 0 Å². The van der Waals surface area contributed by atoms with E-state index in [1.54, 1.807) is 23.8 Å².